The molecule has 0 bridgehead atoms. The van der Waals surface area contributed by atoms with E-state index in [1.165, 1.54) is 25.0 Å². The third-order valence-electron chi connectivity index (χ3n) is 5.38. The normalized spacial score (nSPS) is 17.1. The van der Waals surface area contributed by atoms with E-state index in [-0.39, 0.29) is 24.2 Å². The average Bonchev–Trinajstić information content (AvgIpc) is 3.21. The van der Waals surface area contributed by atoms with Gasteiger partial charge in [-0.15, -0.1) is 0 Å². The van der Waals surface area contributed by atoms with Crippen molar-refractivity contribution >= 4 is 5.91 Å². The number of carbonyl (C=O) groups is 1. The quantitative estimate of drug-likeness (QED) is 0.779. The van der Waals surface area contributed by atoms with Crippen molar-refractivity contribution in [2.24, 2.45) is 0 Å². The second-order valence-corrected chi connectivity index (χ2v) is 7.76. The van der Waals surface area contributed by atoms with Crippen LogP contribution in [-0.4, -0.2) is 49.7 Å². The van der Waals surface area contributed by atoms with Crippen LogP contribution in [0.5, 0.6) is 11.5 Å². The molecule has 0 saturated carbocycles. The molecule has 0 spiro atoms. The maximum atomic E-state index is 13.4. The third-order valence-corrected chi connectivity index (χ3v) is 5.38. The van der Waals surface area contributed by atoms with Gasteiger partial charge in [0, 0.05) is 12.6 Å². The van der Waals surface area contributed by atoms with Crippen LogP contribution in [-0.2, 0) is 17.6 Å². The van der Waals surface area contributed by atoms with Crippen LogP contribution in [0.2, 0.25) is 0 Å². The maximum Gasteiger partial charge on any atom is 0.224 e. The van der Waals surface area contributed by atoms with Crippen molar-refractivity contribution < 1.29 is 18.7 Å². The van der Waals surface area contributed by atoms with E-state index >= 15 is 0 Å². The summed E-state index contributed by atoms with van der Waals surface area (Å²) in [7, 11) is 0. The van der Waals surface area contributed by atoms with Gasteiger partial charge in [0.05, 0.1) is 6.42 Å². The van der Waals surface area contributed by atoms with Crippen molar-refractivity contribution in [2.45, 2.75) is 31.7 Å². The summed E-state index contributed by atoms with van der Waals surface area (Å²) in [5.74, 6) is 1.13. The molecule has 1 saturated heterocycles. The zero-order valence-corrected chi connectivity index (χ0v) is 16.5. The molecule has 2 aromatic rings. The highest BCUT2D eigenvalue weighted by Crippen LogP contribution is 2.31. The smallest absolute Gasteiger partial charge is 0.224 e. The lowest BCUT2D eigenvalue weighted by molar-refractivity contribution is -0.121. The number of nitrogens with zero attached hydrogens (tertiary/aromatic N) is 1. The summed E-state index contributed by atoms with van der Waals surface area (Å²) in [6, 6.07) is 12.2. The van der Waals surface area contributed by atoms with E-state index in [0.29, 0.717) is 25.2 Å². The Morgan fingerprint density at radius 2 is 1.83 bits per heavy atom. The Morgan fingerprint density at radius 1 is 1.03 bits per heavy atom. The topological polar surface area (TPSA) is 50.8 Å². The first-order chi connectivity index (χ1) is 14.2. The van der Waals surface area contributed by atoms with Gasteiger partial charge in [-0.3, -0.25) is 4.79 Å². The number of likely N-dealkylation sites (tertiary alicyclic amines) is 1. The minimum atomic E-state index is -0.319. The first-order valence-electron chi connectivity index (χ1n) is 10.3. The molecule has 4 rings (SSSR count). The molecule has 2 heterocycles. The summed E-state index contributed by atoms with van der Waals surface area (Å²) in [6.45, 7) is 4.07. The lowest BCUT2D eigenvalue weighted by atomic mass is 10.0. The van der Waals surface area contributed by atoms with Crippen molar-refractivity contribution in [3.05, 3.63) is 59.4 Å². The predicted octanol–water partition coefficient (Wildman–Crippen LogP) is 2.96. The standard InChI is InChI=1S/C23H27FN2O3/c24-19-5-3-4-17(12-19)15-23(27)25-20(16-26-8-1-2-9-26)13-18-6-7-21-22(14-18)29-11-10-28-21/h3-7,12,14,20H,1-2,8-11,13,15-16H2,(H,25,27)/t20-/m0/s1. The molecule has 1 amide bonds. The highest BCUT2D eigenvalue weighted by Gasteiger charge is 2.21. The summed E-state index contributed by atoms with van der Waals surface area (Å²) >= 11 is 0. The highest BCUT2D eigenvalue weighted by atomic mass is 19.1. The van der Waals surface area contributed by atoms with Gasteiger partial charge in [0.1, 0.15) is 19.0 Å². The molecular weight excluding hydrogens is 371 g/mol. The van der Waals surface area contributed by atoms with E-state index in [0.717, 1.165) is 36.7 Å². The minimum Gasteiger partial charge on any atom is -0.486 e. The van der Waals surface area contributed by atoms with Crippen molar-refractivity contribution in [1.82, 2.24) is 10.2 Å². The maximum absolute atomic E-state index is 13.4. The fourth-order valence-corrected chi connectivity index (χ4v) is 4.05. The Balaban J connectivity index is 1.43. The highest BCUT2D eigenvalue weighted by molar-refractivity contribution is 5.78. The summed E-state index contributed by atoms with van der Waals surface area (Å²) < 4.78 is 24.7. The number of ether oxygens (including phenoxy) is 2. The summed E-state index contributed by atoms with van der Waals surface area (Å²) in [5, 5.41) is 3.17. The lowest BCUT2D eigenvalue weighted by Crippen LogP contribution is -2.45. The molecule has 5 nitrogen and oxygen atoms in total. The molecule has 1 N–H and O–H groups in total. The number of fused-ring (bicyclic) bond motifs is 1. The van der Waals surface area contributed by atoms with Crippen LogP contribution in [0, 0.1) is 5.82 Å². The number of rotatable bonds is 7. The molecule has 0 unspecified atom stereocenters. The third kappa shape index (κ3) is 5.48. The van der Waals surface area contributed by atoms with Gasteiger partial charge >= 0.3 is 0 Å². The molecular formula is C23H27FN2O3. The van der Waals surface area contributed by atoms with Gasteiger partial charge in [0.15, 0.2) is 11.5 Å². The average molecular weight is 398 g/mol. The van der Waals surface area contributed by atoms with Crippen molar-refractivity contribution in [1.29, 1.82) is 0 Å². The van der Waals surface area contributed by atoms with E-state index in [4.69, 9.17) is 9.47 Å². The van der Waals surface area contributed by atoms with E-state index < -0.39 is 0 Å². The van der Waals surface area contributed by atoms with Crippen LogP contribution in [0.15, 0.2) is 42.5 Å². The van der Waals surface area contributed by atoms with E-state index in [1.54, 1.807) is 12.1 Å². The number of halogens is 1. The molecule has 0 aliphatic carbocycles. The fourth-order valence-electron chi connectivity index (χ4n) is 4.05. The number of benzene rings is 2. The van der Waals surface area contributed by atoms with Gasteiger partial charge in [0.2, 0.25) is 5.91 Å². The molecule has 6 heteroatoms. The van der Waals surface area contributed by atoms with Crippen LogP contribution in [0.4, 0.5) is 4.39 Å². The lowest BCUT2D eigenvalue weighted by Gasteiger charge is -2.25. The summed E-state index contributed by atoms with van der Waals surface area (Å²) in [5.41, 5.74) is 1.78. The molecule has 154 valence electrons. The Labute approximate surface area is 170 Å². The summed E-state index contributed by atoms with van der Waals surface area (Å²) in [6.07, 6.45) is 3.29. The molecule has 2 aliphatic rings. The minimum absolute atomic E-state index is 0.0169. The zero-order valence-electron chi connectivity index (χ0n) is 16.5. The van der Waals surface area contributed by atoms with Crippen LogP contribution in [0.1, 0.15) is 24.0 Å². The van der Waals surface area contributed by atoms with Gasteiger partial charge in [0.25, 0.3) is 0 Å². The number of carbonyl (C=O) groups excluding carboxylic acids is 1. The van der Waals surface area contributed by atoms with E-state index in [9.17, 15) is 9.18 Å². The number of nitrogens with one attached hydrogen (secondary N) is 1. The van der Waals surface area contributed by atoms with Gasteiger partial charge in [-0.25, -0.2) is 4.39 Å². The Morgan fingerprint density at radius 3 is 2.62 bits per heavy atom. The molecule has 1 fully saturated rings. The van der Waals surface area contributed by atoms with Crippen LogP contribution in [0.25, 0.3) is 0 Å². The van der Waals surface area contributed by atoms with Gasteiger partial charge in [-0.05, 0) is 67.7 Å². The second kappa shape index (κ2) is 9.27. The Hall–Kier alpha value is -2.60. The molecule has 2 aromatic carbocycles. The molecule has 0 radical (unpaired) electrons. The van der Waals surface area contributed by atoms with E-state index in [2.05, 4.69) is 10.2 Å². The second-order valence-electron chi connectivity index (χ2n) is 7.76. The van der Waals surface area contributed by atoms with E-state index in [1.807, 2.05) is 18.2 Å². The van der Waals surface area contributed by atoms with Crippen LogP contribution in [0.3, 0.4) is 0 Å². The number of amides is 1. The van der Waals surface area contributed by atoms with Crippen LogP contribution < -0.4 is 14.8 Å². The van der Waals surface area contributed by atoms with Crippen molar-refractivity contribution in [2.75, 3.05) is 32.8 Å². The Kier molecular flexibility index (Phi) is 6.30. The predicted molar refractivity (Wildman–Crippen MR) is 109 cm³/mol. The SMILES string of the molecule is O=C(Cc1cccc(F)c1)N[C@@H](Cc1ccc2c(c1)OCCO2)CN1CCCC1. The first kappa shape index (κ1) is 19.7. The van der Waals surface area contributed by atoms with Crippen molar-refractivity contribution in [3.8, 4) is 11.5 Å². The van der Waals surface area contributed by atoms with Gasteiger partial charge in [-0.2, -0.15) is 0 Å². The number of hydrogen-bond donors (Lipinski definition) is 1. The first-order valence-corrected chi connectivity index (χ1v) is 10.3. The fraction of sp³-hybridized carbons (Fsp3) is 0.435. The summed E-state index contributed by atoms with van der Waals surface area (Å²) in [4.78, 5) is 15.0. The van der Waals surface area contributed by atoms with Crippen molar-refractivity contribution in [3.63, 3.8) is 0 Å². The number of hydrogen-bond acceptors (Lipinski definition) is 4. The molecule has 1 atom stereocenters. The molecule has 29 heavy (non-hydrogen) atoms. The zero-order chi connectivity index (χ0) is 20.1. The largest absolute Gasteiger partial charge is 0.486 e. The van der Waals surface area contributed by atoms with Gasteiger partial charge < -0.3 is 19.7 Å². The van der Waals surface area contributed by atoms with Crippen LogP contribution >= 0.6 is 0 Å². The van der Waals surface area contributed by atoms with Gasteiger partial charge in [-0.1, -0.05) is 18.2 Å². The monoisotopic (exact) mass is 398 g/mol. The molecule has 0 aromatic heterocycles. The molecule has 2 aliphatic heterocycles. The Bertz CT molecular complexity index is 852.